The molecule has 0 aliphatic heterocycles. The van der Waals surface area contributed by atoms with Crippen molar-refractivity contribution in [3.63, 3.8) is 0 Å². The highest BCUT2D eigenvalue weighted by molar-refractivity contribution is 9.10. The minimum absolute atomic E-state index is 0.477. The van der Waals surface area contributed by atoms with Gasteiger partial charge in [0.15, 0.2) is 0 Å². The van der Waals surface area contributed by atoms with Crippen LogP contribution in [0.15, 0.2) is 28.7 Å². The molecule has 0 bridgehead atoms. The first-order valence-corrected chi connectivity index (χ1v) is 7.17. The normalized spacial score (nSPS) is 10.7. The Kier molecular flexibility index (Phi) is 4.47. The molecular weight excluding hydrogens is 306 g/mol. The molecule has 0 aliphatic carbocycles. The summed E-state index contributed by atoms with van der Waals surface area (Å²) in [5, 5.41) is 4.54. The molecule has 19 heavy (non-hydrogen) atoms. The van der Waals surface area contributed by atoms with Gasteiger partial charge in [0.25, 0.3) is 0 Å². The Morgan fingerprint density at radius 3 is 2.79 bits per heavy atom. The van der Waals surface area contributed by atoms with E-state index in [4.69, 9.17) is 10.5 Å². The maximum absolute atomic E-state index is 5.78. The zero-order chi connectivity index (χ0) is 13.8. The molecular formula is C14H18BrN3O. The van der Waals surface area contributed by atoms with Crippen molar-refractivity contribution >= 4 is 21.6 Å². The second kappa shape index (κ2) is 6.10. The van der Waals surface area contributed by atoms with Crippen molar-refractivity contribution in [2.75, 3.05) is 5.73 Å². The summed E-state index contributed by atoms with van der Waals surface area (Å²) in [6.07, 6.45) is 0.902. The summed E-state index contributed by atoms with van der Waals surface area (Å²) >= 11 is 3.60. The van der Waals surface area contributed by atoms with Crippen LogP contribution in [0.3, 0.4) is 0 Å². The summed E-state index contributed by atoms with van der Waals surface area (Å²) in [7, 11) is 0. The first-order valence-electron chi connectivity index (χ1n) is 6.38. The van der Waals surface area contributed by atoms with Gasteiger partial charge in [0.1, 0.15) is 12.4 Å². The van der Waals surface area contributed by atoms with Crippen LogP contribution in [-0.2, 0) is 19.6 Å². The summed E-state index contributed by atoms with van der Waals surface area (Å²) in [6.45, 7) is 5.47. The maximum Gasteiger partial charge on any atom is 0.131 e. The first-order chi connectivity index (χ1) is 9.15. The fourth-order valence-corrected chi connectivity index (χ4v) is 2.59. The van der Waals surface area contributed by atoms with E-state index in [1.54, 1.807) is 0 Å². The van der Waals surface area contributed by atoms with E-state index in [9.17, 15) is 0 Å². The number of aromatic nitrogens is 2. The van der Waals surface area contributed by atoms with E-state index in [2.05, 4.69) is 34.9 Å². The van der Waals surface area contributed by atoms with Crippen molar-refractivity contribution in [3.05, 3.63) is 40.1 Å². The van der Waals surface area contributed by atoms with Gasteiger partial charge in [-0.25, -0.2) is 0 Å². The quantitative estimate of drug-likeness (QED) is 0.858. The monoisotopic (exact) mass is 323 g/mol. The molecule has 0 fully saturated rings. The third-order valence-electron chi connectivity index (χ3n) is 2.93. The number of benzene rings is 1. The van der Waals surface area contributed by atoms with E-state index >= 15 is 0 Å². The summed E-state index contributed by atoms with van der Waals surface area (Å²) in [4.78, 5) is 0. The Bertz CT molecular complexity index is 566. The van der Waals surface area contributed by atoms with Gasteiger partial charge in [-0.3, -0.25) is 4.68 Å². The van der Waals surface area contributed by atoms with E-state index in [-0.39, 0.29) is 0 Å². The van der Waals surface area contributed by atoms with Crippen LogP contribution in [0.4, 0.5) is 5.69 Å². The predicted octanol–water partition coefficient (Wildman–Crippen LogP) is 3.39. The lowest BCUT2D eigenvalue weighted by molar-refractivity contribution is 0.292. The molecule has 0 unspecified atom stereocenters. The zero-order valence-electron chi connectivity index (χ0n) is 11.2. The van der Waals surface area contributed by atoms with Crippen molar-refractivity contribution in [2.24, 2.45) is 0 Å². The number of anilines is 1. The molecule has 0 spiro atoms. The molecule has 2 aromatic rings. The van der Waals surface area contributed by atoms with Crippen LogP contribution < -0.4 is 10.5 Å². The van der Waals surface area contributed by atoms with Gasteiger partial charge in [-0.15, -0.1) is 0 Å². The third kappa shape index (κ3) is 3.10. The zero-order valence-corrected chi connectivity index (χ0v) is 12.8. The fourth-order valence-electron chi connectivity index (χ4n) is 1.91. The number of hydrogen-bond acceptors (Lipinski definition) is 3. The highest BCUT2D eigenvalue weighted by Gasteiger charge is 2.14. The highest BCUT2D eigenvalue weighted by Crippen LogP contribution is 2.24. The van der Waals surface area contributed by atoms with Gasteiger partial charge in [0.2, 0.25) is 0 Å². The van der Waals surface area contributed by atoms with Crippen LogP contribution in [-0.4, -0.2) is 9.78 Å². The lowest BCUT2D eigenvalue weighted by Crippen LogP contribution is -2.06. The molecule has 1 aromatic heterocycles. The van der Waals surface area contributed by atoms with Crippen molar-refractivity contribution in [2.45, 2.75) is 33.4 Å². The van der Waals surface area contributed by atoms with Crippen LogP contribution in [0.2, 0.25) is 0 Å². The molecule has 0 saturated heterocycles. The number of hydrogen-bond donors (Lipinski definition) is 1. The Hall–Kier alpha value is -1.49. The Morgan fingerprint density at radius 2 is 2.16 bits per heavy atom. The van der Waals surface area contributed by atoms with Crippen molar-refractivity contribution in [1.29, 1.82) is 0 Å². The fraction of sp³-hybridized carbons (Fsp3) is 0.357. The van der Waals surface area contributed by atoms with Gasteiger partial charge in [0, 0.05) is 18.3 Å². The average Bonchev–Trinajstić information content (AvgIpc) is 2.72. The van der Waals surface area contributed by atoms with E-state index < -0.39 is 0 Å². The highest BCUT2D eigenvalue weighted by atomic mass is 79.9. The number of aryl methyl sites for hydroxylation is 2. The lowest BCUT2D eigenvalue weighted by Gasteiger charge is -2.08. The van der Waals surface area contributed by atoms with E-state index in [0.717, 1.165) is 34.6 Å². The van der Waals surface area contributed by atoms with Crippen molar-refractivity contribution in [3.8, 4) is 5.75 Å². The van der Waals surface area contributed by atoms with Gasteiger partial charge in [0.05, 0.1) is 15.9 Å². The van der Waals surface area contributed by atoms with Crippen LogP contribution in [0.5, 0.6) is 5.75 Å². The number of halogens is 1. The van der Waals surface area contributed by atoms with E-state index in [0.29, 0.717) is 12.3 Å². The minimum atomic E-state index is 0.477. The molecule has 1 aromatic carbocycles. The largest absolute Gasteiger partial charge is 0.487 e. The molecule has 1 heterocycles. The van der Waals surface area contributed by atoms with Crippen LogP contribution >= 0.6 is 15.9 Å². The molecule has 5 heteroatoms. The van der Waals surface area contributed by atoms with Gasteiger partial charge in [-0.05, 0) is 41.4 Å². The maximum atomic E-state index is 5.78. The van der Waals surface area contributed by atoms with E-state index in [1.807, 2.05) is 28.9 Å². The number of nitrogens with two attached hydrogens (primary N) is 1. The Labute approximate surface area is 121 Å². The summed E-state index contributed by atoms with van der Waals surface area (Å²) in [5.74, 6) is 0.772. The smallest absolute Gasteiger partial charge is 0.131 e. The predicted molar refractivity (Wildman–Crippen MR) is 80.2 cm³/mol. The molecule has 0 atom stereocenters. The molecule has 0 aliphatic rings. The lowest BCUT2D eigenvalue weighted by atomic mass is 10.3. The van der Waals surface area contributed by atoms with Gasteiger partial charge >= 0.3 is 0 Å². The minimum Gasteiger partial charge on any atom is -0.487 e. The third-order valence-corrected chi connectivity index (χ3v) is 3.84. The molecule has 0 amide bonds. The van der Waals surface area contributed by atoms with Crippen LogP contribution in [0.25, 0.3) is 0 Å². The molecule has 2 rings (SSSR count). The van der Waals surface area contributed by atoms with Crippen molar-refractivity contribution in [1.82, 2.24) is 9.78 Å². The molecule has 102 valence electrons. The van der Waals surface area contributed by atoms with E-state index in [1.165, 1.54) is 0 Å². The molecule has 0 radical (unpaired) electrons. The first kappa shape index (κ1) is 13.9. The summed E-state index contributed by atoms with van der Waals surface area (Å²) in [6, 6.07) is 7.45. The number of rotatable bonds is 5. The van der Waals surface area contributed by atoms with Crippen LogP contribution in [0, 0.1) is 0 Å². The number of nitrogen functional groups attached to an aromatic ring is 1. The molecule has 0 saturated carbocycles. The summed E-state index contributed by atoms with van der Waals surface area (Å²) in [5.41, 5.74) is 8.56. The van der Waals surface area contributed by atoms with Crippen LogP contribution in [0.1, 0.15) is 25.2 Å². The second-order valence-corrected chi connectivity index (χ2v) is 5.03. The SMILES string of the molecule is CCc1nn(CC)c(COc2cccc(N)c2)c1Br. The standard InChI is InChI=1S/C14H18BrN3O/c1-3-12-14(15)13(18(4-2)17-12)9-19-11-7-5-6-10(16)8-11/h5-8H,3-4,9,16H2,1-2H3. The number of nitrogens with zero attached hydrogens (tertiary/aromatic N) is 2. The Balaban J connectivity index is 2.17. The molecule has 4 nitrogen and oxygen atoms in total. The van der Waals surface area contributed by atoms with Crippen molar-refractivity contribution < 1.29 is 4.74 Å². The second-order valence-electron chi connectivity index (χ2n) is 4.24. The molecule has 2 N–H and O–H groups in total. The Morgan fingerprint density at radius 1 is 1.37 bits per heavy atom. The topological polar surface area (TPSA) is 53.1 Å². The average molecular weight is 324 g/mol. The van der Waals surface area contributed by atoms with Gasteiger partial charge in [-0.1, -0.05) is 13.0 Å². The number of ether oxygens (including phenoxy) is 1. The van der Waals surface area contributed by atoms with Gasteiger partial charge < -0.3 is 10.5 Å². The van der Waals surface area contributed by atoms with Gasteiger partial charge in [-0.2, -0.15) is 5.10 Å². The summed E-state index contributed by atoms with van der Waals surface area (Å²) < 4.78 is 8.79.